The summed E-state index contributed by atoms with van der Waals surface area (Å²) in [5.41, 5.74) is 7.06. The van der Waals surface area contributed by atoms with Crippen LogP contribution in [-0.4, -0.2) is 44.6 Å². The number of hydrogen-bond acceptors (Lipinski definition) is 5. The van der Waals surface area contributed by atoms with Crippen molar-refractivity contribution >= 4 is 15.7 Å². The van der Waals surface area contributed by atoms with Crippen molar-refractivity contribution in [1.82, 2.24) is 4.31 Å². The first-order valence-corrected chi connectivity index (χ1v) is 8.39. The highest BCUT2D eigenvalue weighted by atomic mass is 32.2. The van der Waals surface area contributed by atoms with Crippen LogP contribution in [0.2, 0.25) is 0 Å². The van der Waals surface area contributed by atoms with Gasteiger partial charge >= 0.3 is 0 Å². The van der Waals surface area contributed by atoms with Crippen molar-refractivity contribution < 1.29 is 18.3 Å². The fourth-order valence-electron chi connectivity index (χ4n) is 2.61. The molecule has 1 saturated heterocycles. The molecule has 0 amide bonds. The molecular formula is C14H22N2O4S. The molecule has 3 N–H and O–H groups in total. The molecule has 0 radical (unpaired) electrons. The molecule has 1 aromatic rings. The number of ether oxygens (including phenoxy) is 1. The van der Waals surface area contributed by atoms with E-state index in [2.05, 4.69) is 0 Å². The van der Waals surface area contributed by atoms with Crippen LogP contribution in [0.15, 0.2) is 17.0 Å². The van der Waals surface area contributed by atoms with Crippen molar-refractivity contribution in [3.63, 3.8) is 0 Å². The zero-order chi connectivity index (χ0) is 15.6. The smallest absolute Gasteiger partial charge is 0.246 e. The average molecular weight is 314 g/mol. The van der Waals surface area contributed by atoms with Crippen LogP contribution in [0, 0.1) is 12.8 Å². The number of nitrogens with two attached hydrogens (primary N) is 1. The van der Waals surface area contributed by atoms with E-state index in [1.807, 2.05) is 0 Å². The average Bonchev–Trinajstić information content (AvgIpc) is 2.91. The van der Waals surface area contributed by atoms with E-state index in [1.165, 1.54) is 17.5 Å². The van der Waals surface area contributed by atoms with Crippen molar-refractivity contribution in [1.29, 1.82) is 0 Å². The van der Waals surface area contributed by atoms with Crippen LogP contribution in [0.5, 0.6) is 5.75 Å². The summed E-state index contributed by atoms with van der Waals surface area (Å²) < 4.78 is 32.2. The minimum absolute atomic E-state index is 0.0827. The molecular weight excluding hydrogens is 292 g/mol. The Hall–Kier alpha value is -1.31. The van der Waals surface area contributed by atoms with Crippen LogP contribution in [0.3, 0.4) is 0 Å². The molecule has 7 heteroatoms. The number of anilines is 1. The van der Waals surface area contributed by atoms with Gasteiger partial charge in [-0.1, -0.05) is 0 Å². The van der Waals surface area contributed by atoms with E-state index in [0.717, 1.165) is 12.0 Å². The highest BCUT2D eigenvalue weighted by Crippen LogP contribution is 2.33. The first kappa shape index (κ1) is 16.1. The summed E-state index contributed by atoms with van der Waals surface area (Å²) in [7, 11) is -2.18. The van der Waals surface area contributed by atoms with Gasteiger partial charge in [0.15, 0.2) is 0 Å². The summed E-state index contributed by atoms with van der Waals surface area (Å²) in [6.45, 7) is 2.78. The lowest BCUT2D eigenvalue weighted by atomic mass is 10.1. The largest absolute Gasteiger partial charge is 0.495 e. The Bertz CT molecular complexity index is 616. The molecule has 6 nitrogen and oxygen atoms in total. The fourth-order valence-corrected chi connectivity index (χ4v) is 4.31. The number of rotatable bonds is 5. The third-order valence-electron chi connectivity index (χ3n) is 3.96. The maximum Gasteiger partial charge on any atom is 0.246 e. The van der Waals surface area contributed by atoms with Gasteiger partial charge in [-0.25, -0.2) is 8.42 Å². The third kappa shape index (κ3) is 3.14. The lowest BCUT2D eigenvalue weighted by Crippen LogP contribution is -2.29. The lowest BCUT2D eigenvalue weighted by molar-refractivity contribution is 0.259. The number of benzene rings is 1. The second-order valence-corrected chi connectivity index (χ2v) is 7.30. The van der Waals surface area contributed by atoms with E-state index in [0.29, 0.717) is 30.9 Å². The Morgan fingerprint density at radius 1 is 1.48 bits per heavy atom. The van der Waals surface area contributed by atoms with Crippen molar-refractivity contribution in [3.05, 3.63) is 17.7 Å². The molecule has 0 bridgehead atoms. The van der Waals surface area contributed by atoms with E-state index in [9.17, 15) is 8.42 Å². The lowest BCUT2D eigenvalue weighted by Gasteiger charge is -2.19. The van der Waals surface area contributed by atoms with Gasteiger partial charge in [0.2, 0.25) is 10.0 Å². The predicted octanol–water partition coefficient (Wildman–Crippen LogP) is 0.979. The second-order valence-electron chi connectivity index (χ2n) is 5.39. The highest BCUT2D eigenvalue weighted by Gasteiger charge is 2.34. The van der Waals surface area contributed by atoms with E-state index in [1.54, 1.807) is 13.0 Å². The number of aliphatic hydroxyl groups is 1. The van der Waals surface area contributed by atoms with Gasteiger partial charge in [-0.05, 0) is 43.4 Å². The molecule has 0 saturated carbocycles. The van der Waals surface area contributed by atoms with Gasteiger partial charge in [-0.3, -0.25) is 0 Å². The molecule has 1 atom stereocenters. The monoisotopic (exact) mass is 314 g/mol. The maximum atomic E-state index is 12.8. The van der Waals surface area contributed by atoms with Crippen LogP contribution >= 0.6 is 0 Å². The molecule has 2 rings (SSSR count). The van der Waals surface area contributed by atoms with E-state index in [4.69, 9.17) is 15.6 Å². The summed E-state index contributed by atoms with van der Waals surface area (Å²) in [4.78, 5) is 0.109. The molecule has 1 aliphatic rings. The maximum absolute atomic E-state index is 12.8. The summed E-state index contributed by atoms with van der Waals surface area (Å²) in [6.07, 6.45) is 1.39. The zero-order valence-corrected chi connectivity index (χ0v) is 13.2. The Balaban J connectivity index is 2.34. The molecule has 1 aromatic carbocycles. The normalized spacial score (nSPS) is 19.9. The van der Waals surface area contributed by atoms with E-state index in [-0.39, 0.29) is 17.4 Å². The van der Waals surface area contributed by atoms with Crippen LogP contribution in [0.1, 0.15) is 18.4 Å². The Morgan fingerprint density at radius 2 is 2.19 bits per heavy atom. The summed E-state index contributed by atoms with van der Waals surface area (Å²) >= 11 is 0. The summed E-state index contributed by atoms with van der Waals surface area (Å²) in [6, 6.07) is 3.10. The number of sulfonamides is 1. The van der Waals surface area contributed by atoms with Gasteiger partial charge in [0.25, 0.3) is 0 Å². The van der Waals surface area contributed by atoms with Gasteiger partial charge in [-0.2, -0.15) is 4.31 Å². The number of nitrogens with zero attached hydrogens (tertiary/aromatic N) is 1. The molecule has 0 aliphatic carbocycles. The molecule has 118 valence electrons. The Labute approximate surface area is 125 Å². The van der Waals surface area contributed by atoms with Gasteiger partial charge in [0.1, 0.15) is 10.6 Å². The van der Waals surface area contributed by atoms with Gasteiger partial charge < -0.3 is 15.6 Å². The molecule has 1 fully saturated rings. The first-order chi connectivity index (χ1) is 9.90. The highest BCUT2D eigenvalue weighted by molar-refractivity contribution is 7.89. The van der Waals surface area contributed by atoms with Crippen LogP contribution < -0.4 is 10.5 Å². The van der Waals surface area contributed by atoms with Crippen LogP contribution in [0.4, 0.5) is 5.69 Å². The quantitative estimate of drug-likeness (QED) is 0.790. The van der Waals surface area contributed by atoms with Crippen LogP contribution in [0.25, 0.3) is 0 Å². The second kappa shape index (κ2) is 6.21. The predicted molar refractivity (Wildman–Crippen MR) is 80.7 cm³/mol. The van der Waals surface area contributed by atoms with Crippen molar-refractivity contribution in [2.75, 3.05) is 32.5 Å². The topological polar surface area (TPSA) is 92.9 Å². The molecule has 0 spiro atoms. The number of nitrogen functional groups attached to an aromatic ring is 1. The minimum Gasteiger partial charge on any atom is -0.495 e. The number of hydrogen-bond donors (Lipinski definition) is 2. The summed E-state index contributed by atoms with van der Waals surface area (Å²) in [5.74, 6) is 0.519. The fraction of sp³-hybridized carbons (Fsp3) is 0.571. The van der Waals surface area contributed by atoms with Crippen molar-refractivity contribution in [2.45, 2.75) is 24.7 Å². The molecule has 21 heavy (non-hydrogen) atoms. The van der Waals surface area contributed by atoms with Crippen LogP contribution in [-0.2, 0) is 10.0 Å². The van der Waals surface area contributed by atoms with Gasteiger partial charge in [0, 0.05) is 25.4 Å². The standard InChI is InChI=1S/C14H22N2O4S/c1-10-7-13(20-2)14(8-12(10)15)21(18,19)16-5-3-11(9-16)4-6-17/h7-8,11,17H,3-6,9,15H2,1-2H3. The SMILES string of the molecule is COc1cc(C)c(N)cc1S(=O)(=O)N1CCC(CCO)C1. The summed E-state index contributed by atoms with van der Waals surface area (Å²) in [5, 5.41) is 8.98. The molecule has 1 unspecified atom stereocenters. The molecule has 1 aliphatic heterocycles. The minimum atomic E-state index is -3.63. The van der Waals surface area contributed by atoms with Crippen molar-refractivity contribution in [2.24, 2.45) is 5.92 Å². The van der Waals surface area contributed by atoms with E-state index < -0.39 is 10.0 Å². The van der Waals surface area contributed by atoms with Gasteiger partial charge in [-0.15, -0.1) is 0 Å². The zero-order valence-electron chi connectivity index (χ0n) is 12.4. The molecule has 1 heterocycles. The Kier molecular flexibility index (Phi) is 4.75. The molecule has 0 aromatic heterocycles. The third-order valence-corrected chi connectivity index (χ3v) is 5.84. The first-order valence-electron chi connectivity index (χ1n) is 6.95. The number of methoxy groups -OCH3 is 1. The number of aliphatic hydroxyl groups excluding tert-OH is 1. The van der Waals surface area contributed by atoms with E-state index >= 15 is 0 Å². The van der Waals surface area contributed by atoms with Gasteiger partial charge in [0.05, 0.1) is 7.11 Å². The Morgan fingerprint density at radius 3 is 2.81 bits per heavy atom. The van der Waals surface area contributed by atoms with Crippen molar-refractivity contribution in [3.8, 4) is 5.75 Å². The number of aryl methyl sites for hydroxylation is 1.